The van der Waals surface area contributed by atoms with E-state index >= 15 is 0 Å². The number of amides is 2. The molecule has 194 valence electrons. The van der Waals surface area contributed by atoms with E-state index in [1.54, 1.807) is 0 Å². The molecule has 3 saturated carbocycles. The molecule has 1 aromatic carbocycles. The van der Waals surface area contributed by atoms with E-state index in [-0.39, 0.29) is 47.1 Å². The van der Waals surface area contributed by atoms with Gasteiger partial charge in [0, 0.05) is 17.1 Å². The fourth-order valence-corrected chi connectivity index (χ4v) is 4.84. The average Bonchev–Trinajstić information content (AvgIpc) is 2.84. The van der Waals surface area contributed by atoms with Crippen LogP contribution in [0.1, 0.15) is 44.2 Å². The molecule has 5 rings (SSSR count). The van der Waals surface area contributed by atoms with Crippen LogP contribution in [0, 0.1) is 5.82 Å². The zero-order chi connectivity index (χ0) is 26.0. The van der Waals surface area contributed by atoms with Crippen LogP contribution >= 0.6 is 11.6 Å². The first-order valence-electron chi connectivity index (χ1n) is 11.3. The molecule has 2 amide bonds. The number of alkyl halides is 3. The van der Waals surface area contributed by atoms with Gasteiger partial charge in [-0.15, -0.1) is 0 Å². The number of rotatable bonds is 8. The highest BCUT2D eigenvalue weighted by molar-refractivity contribution is 6.30. The molecule has 7 nitrogen and oxygen atoms in total. The average molecular weight is 530 g/mol. The minimum atomic E-state index is -4.55. The minimum absolute atomic E-state index is 0.0335. The van der Waals surface area contributed by atoms with Crippen molar-refractivity contribution in [1.29, 1.82) is 0 Å². The molecule has 0 spiro atoms. The van der Waals surface area contributed by atoms with Gasteiger partial charge >= 0.3 is 6.18 Å². The first kappa shape index (κ1) is 26.0. The Balaban J connectivity index is 1.22. The molecule has 36 heavy (non-hydrogen) atoms. The van der Waals surface area contributed by atoms with E-state index in [0.29, 0.717) is 38.5 Å². The van der Waals surface area contributed by atoms with E-state index in [4.69, 9.17) is 21.1 Å². The standard InChI is InChI=1S/C24H24ClF4N3O4/c25-17-3-1-15(11-18(17)26)35-13-20(33)31-22-5-8-23(9-6-22,10-7-22)32-21(34)14-36-16-2-4-19(30-12-16)24(27,28)29/h1-4,11-12H,5-10,13-14H2,(H,31,33)(H,32,34). The van der Waals surface area contributed by atoms with Crippen LogP contribution in [0.4, 0.5) is 17.6 Å². The van der Waals surface area contributed by atoms with Gasteiger partial charge in [-0.05, 0) is 62.8 Å². The summed E-state index contributed by atoms with van der Waals surface area (Å²) in [5.41, 5.74) is -1.84. The summed E-state index contributed by atoms with van der Waals surface area (Å²) in [4.78, 5) is 28.2. The number of hydrogen-bond donors (Lipinski definition) is 2. The van der Waals surface area contributed by atoms with Gasteiger partial charge in [0.05, 0.1) is 11.2 Å². The summed E-state index contributed by atoms with van der Waals surface area (Å²) < 4.78 is 62.0. The van der Waals surface area contributed by atoms with E-state index < -0.39 is 23.2 Å². The number of nitrogens with zero attached hydrogens (tertiary/aromatic N) is 1. The van der Waals surface area contributed by atoms with Crippen molar-refractivity contribution in [2.75, 3.05) is 13.2 Å². The molecular formula is C24H24ClF4N3O4. The summed E-state index contributed by atoms with van der Waals surface area (Å²) >= 11 is 5.64. The molecule has 3 aliphatic carbocycles. The van der Waals surface area contributed by atoms with Gasteiger partial charge in [0.2, 0.25) is 0 Å². The first-order valence-corrected chi connectivity index (χ1v) is 11.7. The fourth-order valence-electron chi connectivity index (χ4n) is 4.72. The lowest BCUT2D eigenvalue weighted by Gasteiger charge is -2.53. The lowest BCUT2D eigenvalue weighted by molar-refractivity contribution is -0.141. The highest BCUT2D eigenvalue weighted by atomic mass is 35.5. The number of carbonyl (C=O) groups excluding carboxylic acids is 2. The van der Waals surface area contributed by atoms with Crippen LogP contribution in [0.5, 0.6) is 11.5 Å². The van der Waals surface area contributed by atoms with Crippen LogP contribution < -0.4 is 20.1 Å². The number of ether oxygens (including phenoxy) is 2. The van der Waals surface area contributed by atoms with Crippen LogP contribution in [0.2, 0.25) is 5.02 Å². The van der Waals surface area contributed by atoms with Crippen LogP contribution in [-0.2, 0) is 15.8 Å². The number of aromatic nitrogens is 1. The van der Waals surface area contributed by atoms with Gasteiger partial charge in [0.15, 0.2) is 13.2 Å². The van der Waals surface area contributed by atoms with Crippen LogP contribution in [0.25, 0.3) is 0 Å². The molecule has 0 atom stereocenters. The van der Waals surface area contributed by atoms with Crippen molar-refractivity contribution < 1.29 is 36.6 Å². The molecular weight excluding hydrogens is 506 g/mol. The predicted molar refractivity (Wildman–Crippen MR) is 121 cm³/mol. The number of pyridine rings is 1. The quantitative estimate of drug-likeness (QED) is 0.494. The molecule has 3 aliphatic rings. The molecule has 3 fully saturated rings. The van der Waals surface area contributed by atoms with Gasteiger partial charge in [-0.1, -0.05) is 11.6 Å². The normalized spacial score (nSPS) is 23.1. The summed E-state index contributed by atoms with van der Waals surface area (Å²) in [5.74, 6) is -1.06. The van der Waals surface area contributed by atoms with Gasteiger partial charge in [0.1, 0.15) is 23.0 Å². The second kappa shape index (κ2) is 10.1. The molecule has 1 heterocycles. The van der Waals surface area contributed by atoms with Gasteiger partial charge in [-0.3, -0.25) is 9.59 Å². The van der Waals surface area contributed by atoms with Gasteiger partial charge in [-0.2, -0.15) is 13.2 Å². The van der Waals surface area contributed by atoms with E-state index in [1.165, 1.54) is 12.1 Å². The number of benzene rings is 1. The smallest absolute Gasteiger partial charge is 0.433 e. The van der Waals surface area contributed by atoms with Crippen molar-refractivity contribution in [3.63, 3.8) is 0 Å². The van der Waals surface area contributed by atoms with E-state index in [1.807, 2.05) is 0 Å². The Kier molecular flexibility index (Phi) is 7.31. The van der Waals surface area contributed by atoms with E-state index in [2.05, 4.69) is 15.6 Å². The molecule has 0 aliphatic heterocycles. The zero-order valence-electron chi connectivity index (χ0n) is 19.1. The predicted octanol–water partition coefficient (Wildman–Crippen LogP) is 4.43. The van der Waals surface area contributed by atoms with Crippen molar-refractivity contribution in [3.8, 4) is 11.5 Å². The zero-order valence-corrected chi connectivity index (χ0v) is 19.8. The molecule has 0 unspecified atom stereocenters. The molecule has 2 N–H and O–H groups in total. The lowest BCUT2D eigenvalue weighted by atomic mass is 9.61. The maximum Gasteiger partial charge on any atom is 0.433 e. The SMILES string of the molecule is O=C(COc1ccc(C(F)(F)F)nc1)NC12CCC(NC(=O)COc3ccc(Cl)c(F)c3)(CC1)CC2. The van der Waals surface area contributed by atoms with Crippen molar-refractivity contribution in [2.24, 2.45) is 0 Å². The molecule has 0 radical (unpaired) electrons. The molecule has 2 bridgehead atoms. The third-order valence-corrected chi connectivity index (χ3v) is 7.02. The Hall–Kier alpha value is -3.08. The highest BCUT2D eigenvalue weighted by Gasteiger charge is 2.49. The summed E-state index contributed by atoms with van der Waals surface area (Å²) in [7, 11) is 0. The van der Waals surface area contributed by atoms with Crippen LogP contribution in [0.3, 0.4) is 0 Å². The maximum atomic E-state index is 13.5. The number of nitrogens with one attached hydrogen (secondary N) is 2. The van der Waals surface area contributed by atoms with E-state index in [9.17, 15) is 27.2 Å². The third-order valence-electron chi connectivity index (χ3n) is 6.71. The highest BCUT2D eigenvalue weighted by Crippen LogP contribution is 2.46. The number of carbonyl (C=O) groups is 2. The topological polar surface area (TPSA) is 89.5 Å². The lowest BCUT2D eigenvalue weighted by Crippen LogP contribution is -2.64. The summed E-state index contributed by atoms with van der Waals surface area (Å²) in [6.07, 6.45) is 0.349. The maximum absolute atomic E-state index is 13.5. The second-order valence-electron chi connectivity index (χ2n) is 9.19. The Morgan fingerprint density at radius 1 is 0.889 bits per heavy atom. The van der Waals surface area contributed by atoms with Crippen molar-refractivity contribution in [2.45, 2.75) is 55.8 Å². The number of fused-ring (bicyclic) bond motifs is 3. The fraction of sp³-hybridized carbons (Fsp3) is 0.458. The molecule has 12 heteroatoms. The molecule has 1 aromatic heterocycles. The Bertz CT molecular complexity index is 1100. The largest absolute Gasteiger partial charge is 0.484 e. The summed E-state index contributed by atoms with van der Waals surface area (Å²) in [6.45, 7) is -0.611. The summed E-state index contributed by atoms with van der Waals surface area (Å²) in [6, 6.07) is 5.86. The van der Waals surface area contributed by atoms with Crippen molar-refractivity contribution in [3.05, 3.63) is 53.1 Å². The Labute approximate surface area is 209 Å². The summed E-state index contributed by atoms with van der Waals surface area (Å²) in [5, 5.41) is 6.01. The molecule has 2 aromatic rings. The van der Waals surface area contributed by atoms with Crippen molar-refractivity contribution in [1.82, 2.24) is 15.6 Å². The van der Waals surface area contributed by atoms with Crippen LogP contribution in [0.15, 0.2) is 36.5 Å². The number of halogens is 5. The first-order chi connectivity index (χ1) is 17.0. The van der Waals surface area contributed by atoms with Gasteiger partial charge in [0.25, 0.3) is 11.8 Å². The third kappa shape index (κ3) is 6.18. The van der Waals surface area contributed by atoms with Crippen molar-refractivity contribution >= 4 is 23.4 Å². The minimum Gasteiger partial charge on any atom is -0.484 e. The number of hydrogen-bond acceptors (Lipinski definition) is 5. The Morgan fingerprint density at radius 2 is 1.39 bits per heavy atom. The monoisotopic (exact) mass is 529 g/mol. The van der Waals surface area contributed by atoms with E-state index in [0.717, 1.165) is 24.4 Å². The van der Waals surface area contributed by atoms with Crippen LogP contribution in [-0.4, -0.2) is 41.1 Å². The Morgan fingerprint density at radius 3 is 1.83 bits per heavy atom. The second-order valence-corrected chi connectivity index (χ2v) is 9.59. The van der Waals surface area contributed by atoms with Gasteiger partial charge < -0.3 is 20.1 Å². The molecule has 0 saturated heterocycles. The van der Waals surface area contributed by atoms with Gasteiger partial charge in [-0.25, -0.2) is 9.37 Å².